The molecular formula is C19H15F3N4O5S. The second-order valence-corrected chi connectivity index (χ2v) is 7.31. The van der Waals surface area contributed by atoms with Gasteiger partial charge in [0.25, 0.3) is 5.69 Å². The highest BCUT2D eigenvalue weighted by molar-refractivity contribution is 7.13. The summed E-state index contributed by atoms with van der Waals surface area (Å²) in [7, 11) is 0. The minimum atomic E-state index is -4.74. The maximum Gasteiger partial charge on any atom is 0.572 e. The molecule has 9 nitrogen and oxygen atoms in total. The number of benzene rings is 1. The average Bonchev–Trinajstić information content (AvgIpc) is 3.19. The Balaban J connectivity index is 1.71. The molecule has 0 amide bonds. The summed E-state index contributed by atoms with van der Waals surface area (Å²) in [5, 5.41) is 26.2. The van der Waals surface area contributed by atoms with Crippen molar-refractivity contribution in [3.05, 3.63) is 68.9 Å². The number of aliphatic carboxylic acids is 1. The highest BCUT2D eigenvalue weighted by atomic mass is 32.1. The molecule has 0 radical (unpaired) electrons. The number of nitrogens with one attached hydrogen (secondary N) is 1. The van der Waals surface area contributed by atoms with Crippen molar-refractivity contribution in [3.63, 3.8) is 0 Å². The van der Waals surface area contributed by atoms with Crippen molar-refractivity contribution >= 4 is 39.4 Å². The molecular weight excluding hydrogens is 453 g/mol. The number of nitro groups is 1. The van der Waals surface area contributed by atoms with Crippen molar-refractivity contribution in [3.8, 4) is 0 Å². The molecule has 168 valence electrons. The highest BCUT2D eigenvalue weighted by Gasteiger charge is 2.32. The van der Waals surface area contributed by atoms with Crippen LogP contribution in [0.3, 0.4) is 0 Å². The van der Waals surface area contributed by atoms with E-state index in [4.69, 9.17) is 0 Å². The van der Waals surface area contributed by atoms with Crippen LogP contribution < -0.4 is 5.43 Å². The van der Waals surface area contributed by atoms with Gasteiger partial charge in [0, 0.05) is 29.9 Å². The van der Waals surface area contributed by atoms with E-state index in [1.807, 2.05) is 0 Å². The largest absolute Gasteiger partial charge is 0.572 e. The molecule has 1 aliphatic rings. The van der Waals surface area contributed by atoms with E-state index in [1.165, 1.54) is 30.4 Å². The zero-order valence-electron chi connectivity index (χ0n) is 16.1. The van der Waals surface area contributed by atoms with Gasteiger partial charge in [0.05, 0.1) is 10.6 Å². The van der Waals surface area contributed by atoms with E-state index in [9.17, 15) is 33.2 Å². The number of hydrazone groups is 1. The molecule has 13 heteroatoms. The van der Waals surface area contributed by atoms with E-state index < -0.39 is 17.3 Å². The third-order valence-electron chi connectivity index (χ3n) is 4.27. The smallest absolute Gasteiger partial charge is 0.477 e. The number of nitro benzene ring substituents is 1. The van der Waals surface area contributed by atoms with Gasteiger partial charge >= 0.3 is 12.3 Å². The van der Waals surface area contributed by atoms with Gasteiger partial charge in [-0.2, -0.15) is 5.10 Å². The molecule has 1 aliphatic carbocycles. The summed E-state index contributed by atoms with van der Waals surface area (Å²) in [5.74, 6) is -1.55. The Kier molecular flexibility index (Phi) is 6.88. The molecule has 0 aliphatic heterocycles. The number of aromatic nitrogens is 1. The number of halogens is 3. The Labute approximate surface area is 182 Å². The number of hydrogen-bond donors (Lipinski definition) is 2. The lowest BCUT2D eigenvalue weighted by molar-refractivity contribution is -0.385. The van der Waals surface area contributed by atoms with E-state index in [-0.39, 0.29) is 47.1 Å². The fraction of sp³-hybridized carbons (Fsp3) is 0.211. The quantitative estimate of drug-likeness (QED) is 0.325. The molecule has 32 heavy (non-hydrogen) atoms. The Morgan fingerprint density at radius 1 is 1.31 bits per heavy atom. The summed E-state index contributed by atoms with van der Waals surface area (Å²) < 4.78 is 40.7. The lowest BCUT2D eigenvalue weighted by atomic mass is 10.0. The minimum Gasteiger partial charge on any atom is -0.477 e. The zero-order valence-corrected chi connectivity index (χ0v) is 16.9. The second kappa shape index (κ2) is 9.60. The van der Waals surface area contributed by atoms with Crippen molar-refractivity contribution in [1.29, 1.82) is 0 Å². The van der Waals surface area contributed by atoms with E-state index in [0.29, 0.717) is 11.3 Å². The number of rotatable bonds is 8. The molecule has 1 heterocycles. The number of thiazole rings is 1. The predicted octanol–water partition coefficient (Wildman–Crippen LogP) is 4.74. The summed E-state index contributed by atoms with van der Waals surface area (Å²) in [6, 6.07) is 5.74. The molecule has 0 atom stereocenters. The summed E-state index contributed by atoms with van der Waals surface area (Å²) >= 11 is 1.12. The molecule has 3 rings (SSSR count). The van der Waals surface area contributed by atoms with Crippen LogP contribution in [0.2, 0.25) is 0 Å². The van der Waals surface area contributed by atoms with Gasteiger partial charge in [0.15, 0.2) is 0 Å². The summed E-state index contributed by atoms with van der Waals surface area (Å²) in [5.41, 5.74) is 3.33. The molecule has 0 saturated carbocycles. The van der Waals surface area contributed by atoms with Crippen LogP contribution in [0.1, 0.15) is 24.1 Å². The van der Waals surface area contributed by atoms with Crippen molar-refractivity contribution < 1.29 is 32.7 Å². The first-order valence-corrected chi connectivity index (χ1v) is 9.90. The van der Waals surface area contributed by atoms with Crippen LogP contribution in [0.15, 0.2) is 52.7 Å². The van der Waals surface area contributed by atoms with Crippen LogP contribution in [0.4, 0.5) is 24.0 Å². The van der Waals surface area contributed by atoms with Crippen molar-refractivity contribution in [2.45, 2.75) is 25.6 Å². The van der Waals surface area contributed by atoms with Crippen LogP contribution >= 0.6 is 11.3 Å². The van der Waals surface area contributed by atoms with E-state index in [2.05, 4.69) is 20.2 Å². The average molecular weight is 468 g/mol. The van der Waals surface area contributed by atoms with Gasteiger partial charge < -0.3 is 9.84 Å². The number of hydrogen-bond acceptors (Lipinski definition) is 8. The molecule has 0 fully saturated rings. The number of nitrogens with zero attached hydrogens (tertiary/aromatic N) is 3. The van der Waals surface area contributed by atoms with E-state index >= 15 is 0 Å². The standard InChI is InChI=1S/C19H15F3N4O5S/c20-19(21,22)31-13-7-5-11(6-8-13)15-10-32-18(23-15)25-24-14(17(27)28)9-12-3-1-2-4-16(12)26(29)30/h1-5,7,10H,6,8-9H2,(H,23,25)(H,27,28)/b24-14-. The molecule has 1 aromatic carbocycles. The zero-order chi connectivity index (χ0) is 23.3. The number of ether oxygens (including phenoxy) is 1. The topological polar surface area (TPSA) is 127 Å². The first-order valence-electron chi connectivity index (χ1n) is 9.02. The number of alkyl halides is 3. The van der Waals surface area contributed by atoms with Crippen LogP contribution in [-0.4, -0.2) is 33.1 Å². The molecule has 0 spiro atoms. The van der Waals surface area contributed by atoms with Gasteiger partial charge in [-0.3, -0.25) is 15.5 Å². The minimum absolute atomic E-state index is 0.0583. The first-order chi connectivity index (χ1) is 15.1. The monoisotopic (exact) mass is 468 g/mol. The third kappa shape index (κ3) is 6.14. The normalized spacial score (nSPS) is 14.4. The van der Waals surface area contributed by atoms with Gasteiger partial charge in [-0.1, -0.05) is 24.3 Å². The fourth-order valence-corrected chi connectivity index (χ4v) is 3.51. The molecule has 1 aromatic heterocycles. The summed E-state index contributed by atoms with van der Waals surface area (Å²) in [6.45, 7) is 0. The number of para-hydroxylation sites is 1. The maximum atomic E-state index is 12.3. The summed E-state index contributed by atoms with van der Waals surface area (Å²) in [4.78, 5) is 26.3. The maximum absolute atomic E-state index is 12.3. The Hall–Kier alpha value is -3.74. The summed E-state index contributed by atoms with van der Waals surface area (Å²) in [6.07, 6.45) is -1.98. The van der Waals surface area contributed by atoms with Crippen LogP contribution in [0.5, 0.6) is 0 Å². The SMILES string of the molecule is O=C(O)/C(Cc1ccccc1[N+](=O)[O-])=N\Nc1nc(C2=CC=C(OC(F)(F)F)CC2)cs1. The Morgan fingerprint density at radius 3 is 2.69 bits per heavy atom. The second-order valence-electron chi connectivity index (χ2n) is 6.45. The van der Waals surface area contributed by atoms with Crippen molar-refractivity contribution in [2.24, 2.45) is 5.10 Å². The van der Waals surface area contributed by atoms with Gasteiger partial charge in [-0.05, 0) is 18.1 Å². The molecule has 0 unspecified atom stereocenters. The van der Waals surface area contributed by atoms with Gasteiger partial charge in [-0.15, -0.1) is 24.5 Å². The highest BCUT2D eigenvalue weighted by Crippen LogP contribution is 2.32. The first kappa shape index (κ1) is 22.9. The third-order valence-corrected chi connectivity index (χ3v) is 5.02. The van der Waals surface area contributed by atoms with Crippen LogP contribution in [0, 0.1) is 10.1 Å². The number of carbonyl (C=O) groups is 1. The van der Waals surface area contributed by atoms with Crippen molar-refractivity contribution in [2.75, 3.05) is 5.43 Å². The van der Waals surface area contributed by atoms with E-state index in [0.717, 1.165) is 11.3 Å². The molecule has 2 N–H and O–H groups in total. The van der Waals surface area contributed by atoms with Gasteiger partial charge in [0.2, 0.25) is 5.13 Å². The predicted molar refractivity (Wildman–Crippen MR) is 110 cm³/mol. The van der Waals surface area contributed by atoms with E-state index in [1.54, 1.807) is 11.4 Å². The molecule has 0 saturated heterocycles. The number of carboxylic acids is 1. The fourth-order valence-electron chi connectivity index (χ4n) is 2.83. The Morgan fingerprint density at radius 2 is 2.06 bits per heavy atom. The molecule has 0 bridgehead atoms. The number of carboxylic acid groups (broad SMARTS) is 1. The number of anilines is 1. The lowest BCUT2D eigenvalue weighted by Gasteiger charge is -2.16. The number of allylic oxidation sites excluding steroid dienone is 4. The Bertz CT molecular complexity index is 1120. The lowest BCUT2D eigenvalue weighted by Crippen LogP contribution is -2.18. The van der Waals surface area contributed by atoms with Crippen LogP contribution in [-0.2, 0) is 16.0 Å². The van der Waals surface area contributed by atoms with Gasteiger partial charge in [-0.25, -0.2) is 9.78 Å². The molecule has 2 aromatic rings. The van der Waals surface area contributed by atoms with Crippen molar-refractivity contribution in [1.82, 2.24) is 4.98 Å². The van der Waals surface area contributed by atoms with Gasteiger partial charge in [0.1, 0.15) is 11.5 Å². The van der Waals surface area contributed by atoms with Crippen LogP contribution in [0.25, 0.3) is 5.57 Å².